The molecule has 1 saturated carbocycles. The predicted molar refractivity (Wildman–Crippen MR) is 122 cm³/mol. The average molecular weight is 470 g/mol. The summed E-state index contributed by atoms with van der Waals surface area (Å²) in [5, 5.41) is 20.6. The Balaban J connectivity index is 1.52. The molecule has 2 N–H and O–H groups in total. The van der Waals surface area contributed by atoms with Gasteiger partial charge in [0.05, 0.1) is 5.02 Å². The zero-order valence-corrected chi connectivity index (χ0v) is 18.9. The van der Waals surface area contributed by atoms with Crippen LogP contribution in [0.4, 0.5) is 0 Å². The number of carboxylic acids is 1. The number of aromatic amines is 1. The minimum Gasteiger partial charge on any atom is -0.484 e. The first-order valence-corrected chi connectivity index (χ1v) is 11.2. The number of hydrogen-bond acceptors (Lipinski definition) is 6. The van der Waals surface area contributed by atoms with E-state index in [1.807, 2.05) is 18.2 Å². The second kappa shape index (κ2) is 9.99. The van der Waals surface area contributed by atoms with Gasteiger partial charge >= 0.3 is 5.97 Å². The van der Waals surface area contributed by atoms with Crippen LogP contribution >= 0.6 is 11.6 Å². The number of ether oxygens (including phenoxy) is 1. The molecule has 0 atom stereocenters. The number of carbonyl (C=O) groups is 1. The van der Waals surface area contributed by atoms with Crippen molar-refractivity contribution in [2.45, 2.75) is 51.7 Å². The van der Waals surface area contributed by atoms with Crippen LogP contribution in [0.5, 0.6) is 5.75 Å². The smallest absolute Gasteiger partial charge is 0.327 e. The van der Waals surface area contributed by atoms with Gasteiger partial charge in [-0.1, -0.05) is 43.2 Å². The maximum atomic E-state index is 12.6. The first-order valence-electron chi connectivity index (χ1n) is 10.8. The summed E-state index contributed by atoms with van der Waals surface area (Å²) in [6.07, 6.45) is 6.07. The Morgan fingerprint density at radius 1 is 1.33 bits per heavy atom. The summed E-state index contributed by atoms with van der Waals surface area (Å²) >= 11 is 6.48. The standard InChI is InChI=1S/C23H24ClN5O4/c1-2-3-4-16(19-9-8-17(14-5-6-14)23(32)25-19)15-7-10-20(18(24)11-15)33-13-21-26-28-29(27-21)12-22(30)31/h4,7-11,14H,2-3,5-6,12-13H2,1H3,(H,25,32)(H,30,31)/b16-4+. The van der Waals surface area contributed by atoms with Gasteiger partial charge in [-0.25, -0.2) is 0 Å². The number of nitrogens with zero attached hydrogens (tertiary/aromatic N) is 4. The number of aromatic nitrogens is 5. The van der Waals surface area contributed by atoms with Crippen molar-refractivity contribution in [3.8, 4) is 5.75 Å². The predicted octanol–water partition coefficient (Wildman–Crippen LogP) is 3.79. The number of halogens is 1. The summed E-state index contributed by atoms with van der Waals surface area (Å²) in [5.74, 6) is 0.00147. The highest BCUT2D eigenvalue weighted by molar-refractivity contribution is 6.32. The third-order valence-electron chi connectivity index (χ3n) is 5.26. The van der Waals surface area contributed by atoms with Crippen LogP contribution in [-0.2, 0) is 17.9 Å². The molecule has 9 nitrogen and oxygen atoms in total. The summed E-state index contributed by atoms with van der Waals surface area (Å²) in [7, 11) is 0. The molecule has 1 aromatic carbocycles. The molecule has 4 rings (SSSR count). The molecule has 0 amide bonds. The van der Waals surface area contributed by atoms with E-state index < -0.39 is 5.97 Å². The fourth-order valence-electron chi connectivity index (χ4n) is 3.48. The summed E-state index contributed by atoms with van der Waals surface area (Å²) in [6.45, 7) is 1.71. The van der Waals surface area contributed by atoms with E-state index >= 15 is 0 Å². The molecule has 33 heavy (non-hydrogen) atoms. The van der Waals surface area contributed by atoms with Crippen molar-refractivity contribution in [2.75, 3.05) is 0 Å². The normalized spacial score (nSPS) is 13.8. The summed E-state index contributed by atoms with van der Waals surface area (Å²) < 4.78 is 5.70. The number of allylic oxidation sites excluding steroid dienone is 1. The van der Waals surface area contributed by atoms with E-state index in [-0.39, 0.29) is 24.5 Å². The van der Waals surface area contributed by atoms with E-state index in [0.717, 1.165) is 52.9 Å². The van der Waals surface area contributed by atoms with Crippen LogP contribution in [-0.4, -0.2) is 36.3 Å². The molecule has 3 aromatic rings. The van der Waals surface area contributed by atoms with Gasteiger partial charge in [-0.3, -0.25) is 9.59 Å². The number of pyridine rings is 1. The third-order valence-corrected chi connectivity index (χ3v) is 5.55. The maximum Gasteiger partial charge on any atom is 0.327 e. The van der Waals surface area contributed by atoms with E-state index in [1.165, 1.54) is 0 Å². The number of nitrogens with one attached hydrogen (secondary N) is 1. The lowest BCUT2D eigenvalue weighted by molar-refractivity contribution is -0.138. The number of carboxylic acid groups (broad SMARTS) is 1. The Bertz CT molecular complexity index is 1250. The summed E-state index contributed by atoms with van der Waals surface area (Å²) in [6, 6.07) is 9.30. The maximum absolute atomic E-state index is 12.6. The van der Waals surface area contributed by atoms with Crippen molar-refractivity contribution in [2.24, 2.45) is 0 Å². The number of hydrogen-bond donors (Lipinski definition) is 2. The van der Waals surface area contributed by atoms with Crippen molar-refractivity contribution < 1.29 is 14.6 Å². The van der Waals surface area contributed by atoms with E-state index in [9.17, 15) is 9.59 Å². The van der Waals surface area contributed by atoms with Crippen molar-refractivity contribution in [3.05, 3.63) is 74.4 Å². The number of tetrazole rings is 1. The molecule has 1 fully saturated rings. The Labute approximate surface area is 195 Å². The van der Waals surface area contributed by atoms with Gasteiger partial charge in [-0.15, -0.1) is 10.2 Å². The van der Waals surface area contributed by atoms with Crippen LogP contribution in [0.2, 0.25) is 5.02 Å². The Hall–Kier alpha value is -3.46. The van der Waals surface area contributed by atoms with E-state index in [4.69, 9.17) is 21.4 Å². The molecule has 0 saturated heterocycles. The molecular formula is C23H24ClN5O4. The number of rotatable bonds is 10. The van der Waals surface area contributed by atoms with Crippen LogP contribution in [0.15, 0.2) is 41.2 Å². The summed E-state index contributed by atoms with van der Waals surface area (Å²) in [4.78, 5) is 27.3. The van der Waals surface area contributed by atoms with Crippen LogP contribution in [0, 0.1) is 0 Å². The van der Waals surface area contributed by atoms with Crippen LogP contribution < -0.4 is 10.3 Å². The lowest BCUT2D eigenvalue weighted by Crippen LogP contribution is -2.13. The quantitative estimate of drug-likeness (QED) is 0.463. The average Bonchev–Trinajstić information content (AvgIpc) is 3.52. The highest BCUT2D eigenvalue weighted by atomic mass is 35.5. The molecule has 2 heterocycles. The molecule has 172 valence electrons. The first-order chi connectivity index (χ1) is 15.9. The SMILES string of the molecule is CCC/C=C(\c1ccc(OCc2nnn(CC(=O)O)n2)c(Cl)c1)c1ccc(C2CC2)c(=O)[nH]1. The molecule has 0 unspecified atom stereocenters. The van der Waals surface area contributed by atoms with Gasteiger partial charge in [0, 0.05) is 16.8 Å². The Morgan fingerprint density at radius 2 is 2.15 bits per heavy atom. The lowest BCUT2D eigenvalue weighted by atomic mass is 9.99. The fraction of sp³-hybridized carbons (Fsp3) is 0.348. The Kier molecular flexibility index (Phi) is 6.88. The summed E-state index contributed by atoms with van der Waals surface area (Å²) in [5.41, 5.74) is 3.34. The largest absolute Gasteiger partial charge is 0.484 e. The molecule has 10 heteroatoms. The van der Waals surface area contributed by atoms with Crippen molar-refractivity contribution in [3.63, 3.8) is 0 Å². The number of benzene rings is 1. The van der Waals surface area contributed by atoms with E-state index in [0.29, 0.717) is 16.7 Å². The van der Waals surface area contributed by atoms with Crippen molar-refractivity contribution >= 4 is 23.1 Å². The van der Waals surface area contributed by atoms with Gasteiger partial charge < -0.3 is 14.8 Å². The van der Waals surface area contributed by atoms with Crippen LogP contribution in [0.3, 0.4) is 0 Å². The molecular weight excluding hydrogens is 446 g/mol. The Morgan fingerprint density at radius 3 is 2.82 bits per heavy atom. The number of unbranched alkanes of at least 4 members (excludes halogenated alkanes) is 1. The van der Waals surface area contributed by atoms with Gasteiger partial charge in [0.1, 0.15) is 5.75 Å². The van der Waals surface area contributed by atoms with Crippen molar-refractivity contribution in [1.82, 2.24) is 25.2 Å². The number of H-pyrrole nitrogens is 1. The molecule has 0 aliphatic heterocycles. The monoisotopic (exact) mass is 469 g/mol. The molecule has 0 spiro atoms. The van der Waals surface area contributed by atoms with E-state index in [1.54, 1.807) is 12.1 Å². The van der Waals surface area contributed by atoms with Gasteiger partial charge in [-0.2, -0.15) is 4.80 Å². The van der Waals surface area contributed by atoms with Gasteiger partial charge in [0.15, 0.2) is 13.2 Å². The van der Waals surface area contributed by atoms with Crippen LogP contribution in [0.25, 0.3) is 5.57 Å². The molecule has 0 radical (unpaired) electrons. The highest BCUT2D eigenvalue weighted by Gasteiger charge is 2.26. The van der Waals surface area contributed by atoms with Gasteiger partial charge in [0.2, 0.25) is 5.82 Å². The van der Waals surface area contributed by atoms with Gasteiger partial charge in [-0.05, 0) is 54.2 Å². The van der Waals surface area contributed by atoms with Crippen LogP contribution in [0.1, 0.15) is 61.2 Å². The first kappa shape index (κ1) is 22.7. The molecule has 0 bridgehead atoms. The minimum atomic E-state index is -1.06. The minimum absolute atomic E-state index is 0.00678. The second-order valence-corrected chi connectivity index (χ2v) is 8.31. The number of aliphatic carboxylic acids is 1. The van der Waals surface area contributed by atoms with Gasteiger partial charge in [0.25, 0.3) is 5.56 Å². The highest BCUT2D eigenvalue weighted by Crippen LogP contribution is 2.38. The lowest BCUT2D eigenvalue weighted by Gasteiger charge is -2.12. The zero-order chi connectivity index (χ0) is 23.4. The molecule has 1 aliphatic carbocycles. The zero-order valence-electron chi connectivity index (χ0n) is 18.1. The topological polar surface area (TPSA) is 123 Å². The third kappa shape index (κ3) is 5.67. The van der Waals surface area contributed by atoms with E-state index in [2.05, 4.69) is 33.4 Å². The molecule has 2 aromatic heterocycles. The van der Waals surface area contributed by atoms with Crippen molar-refractivity contribution in [1.29, 1.82) is 0 Å². The second-order valence-electron chi connectivity index (χ2n) is 7.90. The fourth-order valence-corrected chi connectivity index (χ4v) is 3.71. The molecule has 1 aliphatic rings.